The molecule has 5 nitrogen and oxygen atoms in total. The van der Waals surface area contributed by atoms with Gasteiger partial charge in [0.05, 0.1) is 11.1 Å². The number of nitrogens with one attached hydrogen (secondary N) is 1. The molecule has 0 aliphatic carbocycles. The quantitative estimate of drug-likeness (QED) is 0.791. The molecule has 0 fully saturated rings. The van der Waals surface area contributed by atoms with Gasteiger partial charge < -0.3 is 10.1 Å². The van der Waals surface area contributed by atoms with Crippen LogP contribution in [0.15, 0.2) is 42.9 Å². The van der Waals surface area contributed by atoms with Crippen molar-refractivity contribution in [3.05, 3.63) is 48.4 Å². The van der Waals surface area contributed by atoms with E-state index in [0.717, 1.165) is 28.8 Å². The Morgan fingerprint density at radius 3 is 2.90 bits per heavy atom. The highest BCUT2D eigenvalue weighted by molar-refractivity contribution is 5.79. The van der Waals surface area contributed by atoms with Crippen LogP contribution in [0.5, 0.6) is 11.6 Å². The van der Waals surface area contributed by atoms with Crippen LogP contribution in [0.2, 0.25) is 0 Å². The number of aromatic nitrogens is 3. The van der Waals surface area contributed by atoms with Gasteiger partial charge in [-0.25, -0.2) is 9.97 Å². The lowest BCUT2D eigenvalue weighted by molar-refractivity contribution is 0.458. The monoisotopic (exact) mass is 280 g/mol. The molecule has 5 heteroatoms. The van der Waals surface area contributed by atoms with E-state index in [9.17, 15) is 0 Å². The molecule has 0 aliphatic heterocycles. The van der Waals surface area contributed by atoms with E-state index >= 15 is 0 Å². The van der Waals surface area contributed by atoms with Gasteiger partial charge in [0.1, 0.15) is 17.9 Å². The van der Waals surface area contributed by atoms with Crippen molar-refractivity contribution < 1.29 is 4.74 Å². The topological polar surface area (TPSA) is 59.9 Å². The van der Waals surface area contributed by atoms with Crippen LogP contribution < -0.4 is 10.1 Å². The maximum absolute atomic E-state index is 5.87. The summed E-state index contributed by atoms with van der Waals surface area (Å²) in [6.07, 6.45) is 3.27. The molecule has 3 aromatic rings. The standard InChI is InChI=1S/C16H16N4O/c1-3-17-15-11(2)16(20-10-19-15)21-13-7-6-12-5-4-8-18-14(12)9-13/h4-10H,3H2,1-2H3,(H,17,19,20). The van der Waals surface area contributed by atoms with E-state index in [1.807, 2.05) is 44.2 Å². The maximum atomic E-state index is 5.87. The van der Waals surface area contributed by atoms with Crippen molar-refractivity contribution in [3.63, 3.8) is 0 Å². The van der Waals surface area contributed by atoms with Crippen LogP contribution in [0.3, 0.4) is 0 Å². The molecule has 1 aromatic carbocycles. The van der Waals surface area contributed by atoms with E-state index in [-0.39, 0.29) is 0 Å². The Kier molecular flexibility index (Phi) is 3.64. The van der Waals surface area contributed by atoms with Gasteiger partial charge >= 0.3 is 0 Å². The zero-order valence-electron chi connectivity index (χ0n) is 12.0. The highest BCUT2D eigenvalue weighted by atomic mass is 16.5. The number of pyridine rings is 1. The summed E-state index contributed by atoms with van der Waals surface area (Å²) in [5, 5.41) is 4.27. The molecule has 0 aliphatic rings. The average Bonchev–Trinajstić information content (AvgIpc) is 2.51. The molecule has 21 heavy (non-hydrogen) atoms. The van der Waals surface area contributed by atoms with Crippen LogP contribution in [0.25, 0.3) is 10.9 Å². The van der Waals surface area contributed by atoms with Gasteiger partial charge in [-0.2, -0.15) is 0 Å². The molecular weight excluding hydrogens is 264 g/mol. The third-order valence-corrected chi connectivity index (χ3v) is 3.17. The average molecular weight is 280 g/mol. The van der Waals surface area contributed by atoms with Crippen molar-refractivity contribution in [1.29, 1.82) is 0 Å². The summed E-state index contributed by atoms with van der Waals surface area (Å²) in [5.74, 6) is 2.06. The Labute approximate surface area is 123 Å². The second-order valence-electron chi connectivity index (χ2n) is 4.64. The van der Waals surface area contributed by atoms with Crippen molar-refractivity contribution >= 4 is 16.7 Å². The Bertz CT molecular complexity index is 773. The molecule has 0 amide bonds. The third-order valence-electron chi connectivity index (χ3n) is 3.17. The van der Waals surface area contributed by atoms with Crippen LogP contribution in [0.4, 0.5) is 5.82 Å². The molecule has 0 saturated carbocycles. The molecular formula is C16H16N4O. The first kappa shape index (κ1) is 13.3. The lowest BCUT2D eigenvalue weighted by Crippen LogP contribution is -2.03. The highest BCUT2D eigenvalue weighted by Gasteiger charge is 2.09. The summed E-state index contributed by atoms with van der Waals surface area (Å²) >= 11 is 0. The van der Waals surface area contributed by atoms with Crippen LogP contribution in [-0.4, -0.2) is 21.5 Å². The van der Waals surface area contributed by atoms with Crippen LogP contribution in [0, 0.1) is 6.92 Å². The van der Waals surface area contributed by atoms with Crippen molar-refractivity contribution in [2.75, 3.05) is 11.9 Å². The van der Waals surface area contributed by atoms with E-state index in [2.05, 4.69) is 20.3 Å². The minimum absolute atomic E-state index is 0.552. The van der Waals surface area contributed by atoms with E-state index in [1.54, 1.807) is 6.20 Å². The fourth-order valence-electron chi connectivity index (χ4n) is 2.10. The molecule has 106 valence electrons. The number of benzene rings is 1. The normalized spacial score (nSPS) is 10.6. The maximum Gasteiger partial charge on any atom is 0.227 e. The molecule has 0 saturated heterocycles. The van der Waals surface area contributed by atoms with Gasteiger partial charge in [0.15, 0.2) is 0 Å². The first-order chi connectivity index (χ1) is 10.3. The summed E-state index contributed by atoms with van der Waals surface area (Å²) in [5.41, 5.74) is 1.79. The molecule has 0 unspecified atom stereocenters. The summed E-state index contributed by atoms with van der Waals surface area (Å²) in [6, 6.07) is 9.74. The summed E-state index contributed by atoms with van der Waals surface area (Å²) in [7, 11) is 0. The summed E-state index contributed by atoms with van der Waals surface area (Å²) < 4.78 is 5.87. The number of fused-ring (bicyclic) bond motifs is 1. The van der Waals surface area contributed by atoms with Crippen LogP contribution >= 0.6 is 0 Å². The van der Waals surface area contributed by atoms with Gasteiger partial charge in [0.25, 0.3) is 0 Å². The molecule has 0 bridgehead atoms. The predicted octanol–water partition coefficient (Wildman–Crippen LogP) is 3.56. The fraction of sp³-hybridized carbons (Fsp3) is 0.188. The lowest BCUT2D eigenvalue weighted by Gasteiger charge is -2.11. The minimum Gasteiger partial charge on any atom is -0.438 e. The van der Waals surface area contributed by atoms with E-state index < -0.39 is 0 Å². The number of nitrogens with zero attached hydrogens (tertiary/aromatic N) is 3. The number of ether oxygens (including phenoxy) is 1. The summed E-state index contributed by atoms with van der Waals surface area (Å²) in [4.78, 5) is 12.7. The molecule has 0 spiro atoms. The smallest absolute Gasteiger partial charge is 0.227 e. The van der Waals surface area contributed by atoms with Gasteiger partial charge in [0, 0.05) is 24.2 Å². The Hall–Kier alpha value is -2.69. The zero-order valence-corrected chi connectivity index (χ0v) is 12.0. The van der Waals surface area contributed by atoms with Gasteiger partial charge in [-0.15, -0.1) is 0 Å². The molecule has 1 N–H and O–H groups in total. The summed E-state index contributed by atoms with van der Waals surface area (Å²) in [6.45, 7) is 4.76. The number of hydrogen-bond donors (Lipinski definition) is 1. The largest absolute Gasteiger partial charge is 0.438 e. The van der Waals surface area contributed by atoms with Crippen molar-refractivity contribution in [2.45, 2.75) is 13.8 Å². The first-order valence-corrected chi connectivity index (χ1v) is 6.86. The molecule has 2 heterocycles. The van der Waals surface area contributed by atoms with Crippen molar-refractivity contribution in [3.8, 4) is 11.6 Å². The van der Waals surface area contributed by atoms with Gasteiger partial charge in [0.2, 0.25) is 5.88 Å². The van der Waals surface area contributed by atoms with Crippen LogP contribution in [-0.2, 0) is 0 Å². The van der Waals surface area contributed by atoms with Crippen LogP contribution in [0.1, 0.15) is 12.5 Å². The number of anilines is 1. The predicted molar refractivity (Wildman–Crippen MR) is 82.7 cm³/mol. The minimum atomic E-state index is 0.552. The van der Waals surface area contributed by atoms with Crippen molar-refractivity contribution in [2.24, 2.45) is 0 Å². The second-order valence-corrected chi connectivity index (χ2v) is 4.64. The molecule has 0 radical (unpaired) electrons. The van der Waals surface area contributed by atoms with Crippen molar-refractivity contribution in [1.82, 2.24) is 15.0 Å². The third kappa shape index (κ3) is 2.76. The number of rotatable bonds is 4. The van der Waals surface area contributed by atoms with E-state index in [0.29, 0.717) is 11.6 Å². The Morgan fingerprint density at radius 2 is 2.05 bits per heavy atom. The van der Waals surface area contributed by atoms with Gasteiger partial charge in [-0.1, -0.05) is 6.07 Å². The molecule has 0 atom stereocenters. The van der Waals surface area contributed by atoms with E-state index in [4.69, 9.17) is 4.74 Å². The van der Waals surface area contributed by atoms with Gasteiger partial charge in [-0.05, 0) is 32.0 Å². The molecule has 3 rings (SSSR count). The zero-order chi connectivity index (χ0) is 14.7. The van der Waals surface area contributed by atoms with Gasteiger partial charge in [-0.3, -0.25) is 4.98 Å². The number of hydrogen-bond acceptors (Lipinski definition) is 5. The highest BCUT2D eigenvalue weighted by Crippen LogP contribution is 2.27. The molecule has 2 aromatic heterocycles. The first-order valence-electron chi connectivity index (χ1n) is 6.86. The lowest BCUT2D eigenvalue weighted by atomic mass is 10.2. The van der Waals surface area contributed by atoms with E-state index in [1.165, 1.54) is 6.33 Å². The fourth-order valence-corrected chi connectivity index (χ4v) is 2.10. The SMILES string of the molecule is CCNc1ncnc(Oc2ccc3cccnc3c2)c1C. The Morgan fingerprint density at radius 1 is 1.14 bits per heavy atom. The second kappa shape index (κ2) is 5.75. The Balaban J connectivity index is 1.93.